The lowest BCUT2D eigenvalue weighted by Gasteiger charge is -2.13. The van der Waals surface area contributed by atoms with Crippen molar-refractivity contribution in [1.29, 1.82) is 0 Å². The van der Waals surface area contributed by atoms with Gasteiger partial charge in [0.15, 0.2) is 0 Å². The first-order chi connectivity index (χ1) is 12.1. The number of anilines is 2. The number of hydrogen-bond acceptors (Lipinski definition) is 4. The lowest BCUT2D eigenvalue weighted by atomic mass is 10.1. The molecular formula is C19H23N3O3. The van der Waals surface area contributed by atoms with Crippen LogP contribution >= 0.6 is 0 Å². The molecule has 0 saturated carbocycles. The number of amides is 2. The highest BCUT2D eigenvalue weighted by atomic mass is 16.5. The van der Waals surface area contributed by atoms with Crippen LogP contribution in [0.5, 0.6) is 5.75 Å². The van der Waals surface area contributed by atoms with Gasteiger partial charge >= 0.3 is 0 Å². The molecule has 0 aliphatic rings. The second-order valence-corrected chi connectivity index (χ2v) is 5.54. The fourth-order valence-electron chi connectivity index (χ4n) is 2.36. The van der Waals surface area contributed by atoms with Gasteiger partial charge in [0.05, 0.1) is 19.3 Å². The van der Waals surface area contributed by atoms with Gasteiger partial charge in [0, 0.05) is 19.2 Å². The maximum absolute atomic E-state index is 12.0. The molecule has 132 valence electrons. The first-order valence-corrected chi connectivity index (χ1v) is 8.08. The topological polar surface area (TPSA) is 79.5 Å². The largest absolute Gasteiger partial charge is 0.495 e. The fraction of sp³-hybridized carbons (Fsp3) is 0.263. The van der Waals surface area contributed by atoms with Crippen LogP contribution in [0, 0.1) is 0 Å². The molecule has 0 radical (unpaired) electrons. The molecule has 0 heterocycles. The molecule has 0 spiro atoms. The van der Waals surface area contributed by atoms with Gasteiger partial charge in [-0.05, 0) is 30.2 Å². The molecule has 2 amide bonds. The van der Waals surface area contributed by atoms with Crippen LogP contribution in [-0.4, -0.2) is 32.0 Å². The SMILES string of the molecule is COc1ccc(NC(C)=O)cc1NCC(=O)NCCc1ccccc1. The second kappa shape index (κ2) is 9.32. The second-order valence-electron chi connectivity index (χ2n) is 5.54. The molecule has 2 aromatic carbocycles. The normalized spacial score (nSPS) is 10.0. The van der Waals surface area contributed by atoms with Gasteiger partial charge in [-0.25, -0.2) is 0 Å². The van der Waals surface area contributed by atoms with Gasteiger partial charge < -0.3 is 20.7 Å². The molecule has 6 nitrogen and oxygen atoms in total. The summed E-state index contributed by atoms with van der Waals surface area (Å²) in [5, 5.41) is 8.61. The standard InChI is InChI=1S/C19H23N3O3/c1-14(23)22-16-8-9-18(25-2)17(12-16)21-13-19(24)20-11-10-15-6-4-3-5-7-15/h3-9,12,21H,10-11,13H2,1-2H3,(H,20,24)(H,22,23). The van der Waals surface area contributed by atoms with Crippen molar-refractivity contribution < 1.29 is 14.3 Å². The Kier molecular flexibility index (Phi) is 6.83. The highest BCUT2D eigenvalue weighted by molar-refractivity contribution is 5.90. The Hall–Kier alpha value is -3.02. The lowest BCUT2D eigenvalue weighted by Crippen LogP contribution is -2.31. The zero-order chi connectivity index (χ0) is 18.1. The predicted molar refractivity (Wildman–Crippen MR) is 98.9 cm³/mol. The van der Waals surface area contributed by atoms with Gasteiger partial charge in [-0.15, -0.1) is 0 Å². The molecule has 2 aromatic rings. The van der Waals surface area contributed by atoms with Gasteiger partial charge in [0.25, 0.3) is 0 Å². The molecule has 2 rings (SSSR count). The van der Waals surface area contributed by atoms with Crippen LogP contribution in [0.1, 0.15) is 12.5 Å². The van der Waals surface area contributed by atoms with Crippen molar-refractivity contribution >= 4 is 23.2 Å². The van der Waals surface area contributed by atoms with Gasteiger partial charge in [0.2, 0.25) is 11.8 Å². The quantitative estimate of drug-likeness (QED) is 0.689. The predicted octanol–water partition coefficient (Wildman–Crippen LogP) is 2.42. The molecule has 0 atom stereocenters. The Balaban J connectivity index is 1.84. The van der Waals surface area contributed by atoms with E-state index in [9.17, 15) is 9.59 Å². The maximum Gasteiger partial charge on any atom is 0.239 e. The summed E-state index contributed by atoms with van der Waals surface area (Å²) in [6.07, 6.45) is 0.786. The van der Waals surface area contributed by atoms with Gasteiger partial charge in [-0.2, -0.15) is 0 Å². The van der Waals surface area contributed by atoms with E-state index in [-0.39, 0.29) is 18.4 Å². The van der Waals surface area contributed by atoms with Crippen molar-refractivity contribution in [1.82, 2.24) is 5.32 Å². The van der Waals surface area contributed by atoms with Crippen LogP contribution in [0.15, 0.2) is 48.5 Å². The highest BCUT2D eigenvalue weighted by Gasteiger charge is 2.07. The summed E-state index contributed by atoms with van der Waals surface area (Å²) in [5.74, 6) is 0.337. The van der Waals surface area contributed by atoms with E-state index in [2.05, 4.69) is 16.0 Å². The number of ether oxygens (including phenoxy) is 1. The molecule has 3 N–H and O–H groups in total. The highest BCUT2D eigenvalue weighted by Crippen LogP contribution is 2.27. The van der Waals surface area contributed by atoms with Crippen LogP contribution in [0.2, 0.25) is 0 Å². The van der Waals surface area contributed by atoms with Crippen molar-refractivity contribution in [3.05, 3.63) is 54.1 Å². The molecule has 0 aliphatic carbocycles. The minimum atomic E-state index is -0.158. The third kappa shape index (κ3) is 6.18. The molecule has 25 heavy (non-hydrogen) atoms. The van der Waals surface area contributed by atoms with Crippen LogP contribution in [-0.2, 0) is 16.0 Å². The molecule has 0 fully saturated rings. The molecule has 0 saturated heterocycles. The zero-order valence-corrected chi connectivity index (χ0v) is 14.5. The van der Waals surface area contributed by atoms with E-state index in [1.165, 1.54) is 12.5 Å². The van der Waals surface area contributed by atoms with Gasteiger partial charge in [0.1, 0.15) is 5.75 Å². The number of rotatable bonds is 8. The van der Waals surface area contributed by atoms with Crippen LogP contribution in [0.25, 0.3) is 0 Å². The summed E-state index contributed by atoms with van der Waals surface area (Å²) in [5.41, 5.74) is 2.47. The number of hydrogen-bond donors (Lipinski definition) is 3. The summed E-state index contributed by atoms with van der Waals surface area (Å²) in [4.78, 5) is 23.1. The third-order valence-electron chi connectivity index (χ3n) is 3.54. The van der Waals surface area contributed by atoms with Crippen LogP contribution in [0.4, 0.5) is 11.4 Å². The van der Waals surface area contributed by atoms with Crippen molar-refractivity contribution in [2.24, 2.45) is 0 Å². The summed E-state index contributed by atoms with van der Waals surface area (Å²) < 4.78 is 5.27. The Morgan fingerprint density at radius 1 is 1.08 bits per heavy atom. The van der Waals surface area contributed by atoms with Gasteiger partial charge in [-0.3, -0.25) is 9.59 Å². The molecule has 0 unspecified atom stereocenters. The number of nitrogens with one attached hydrogen (secondary N) is 3. The van der Waals surface area contributed by atoms with Crippen molar-refractivity contribution in [2.45, 2.75) is 13.3 Å². The lowest BCUT2D eigenvalue weighted by molar-refractivity contribution is -0.119. The van der Waals surface area contributed by atoms with E-state index >= 15 is 0 Å². The summed E-state index contributed by atoms with van der Waals surface area (Å²) >= 11 is 0. The smallest absolute Gasteiger partial charge is 0.239 e. The molecule has 0 bridgehead atoms. The average Bonchev–Trinajstić information content (AvgIpc) is 2.60. The Bertz CT molecular complexity index is 717. The number of carbonyl (C=O) groups excluding carboxylic acids is 2. The number of carbonyl (C=O) groups is 2. The number of benzene rings is 2. The summed E-state index contributed by atoms with van der Waals surface area (Å²) in [7, 11) is 1.55. The fourth-order valence-corrected chi connectivity index (χ4v) is 2.36. The van der Waals surface area contributed by atoms with E-state index < -0.39 is 0 Å². The van der Waals surface area contributed by atoms with Crippen molar-refractivity contribution in [3.8, 4) is 5.75 Å². The van der Waals surface area contributed by atoms with Crippen LogP contribution in [0.3, 0.4) is 0 Å². The maximum atomic E-state index is 12.0. The van der Waals surface area contributed by atoms with E-state index in [1.54, 1.807) is 25.3 Å². The molecular weight excluding hydrogens is 318 g/mol. The minimum Gasteiger partial charge on any atom is -0.495 e. The minimum absolute atomic E-state index is 0.108. The summed E-state index contributed by atoms with van der Waals surface area (Å²) in [6, 6.07) is 15.2. The van der Waals surface area contributed by atoms with E-state index in [0.29, 0.717) is 23.7 Å². The van der Waals surface area contributed by atoms with E-state index in [0.717, 1.165) is 6.42 Å². The average molecular weight is 341 g/mol. The van der Waals surface area contributed by atoms with Crippen LogP contribution < -0.4 is 20.7 Å². The molecule has 6 heteroatoms. The third-order valence-corrected chi connectivity index (χ3v) is 3.54. The molecule has 0 aliphatic heterocycles. The Morgan fingerprint density at radius 2 is 1.84 bits per heavy atom. The van der Waals surface area contributed by atoms with E-state index in [4.69, 9.17) is 4.74 Å². The Morgan fingerprint density at radius 3 is 2.52 bits per heavy atom. The van der Waals surface area contributed by atoms with E-state index in [1.807, 2.05) is 30.3 Å². The Labute approximate surface area is 147 Å². The zero-order valence-electron chi connectivity index (χ0n) is 14.5. The van der Waals surface area contributed by atoms with Gasteiger partial charge in [-0.1, -0.05) is 30.3 Å². The van der Waals surface area contributed by atoms with Crippen molar-refractivity contribution in [3.63, 3.8) is 0 Å². The molecule has 0 aromatic heterocycles. The number of methoxy groups -OCH3 is 1. The first-order valence-electron chi connectivity index (χ1n) is 8.08. The van der Waals surface area contributed by atoms with Crippen molar-refractivity contribution in [2.75, 3.05) is 30.8 Å². The monoisotopic (exact) mass is 341 g/mol. The summed E-state index contributed by atoms with van der Waals surface area (Å²) in [6.45, 7) is 2.14. The first kappa shape index (κ1) is 18.3.